The van der Waals surface area contributed by atoms with Gasteiger partial charge in [-0.05, 0) is 23.6 Å². The quantitative estimate of drug-likeness (QED) is 0.565. The van der Waals surface area contributed by atoms with Crippen LogP contribution in [0.15, 0.2) is 59.7 Å². The van der Waals surface area contributed by atoms with E-state index in [-0.39, 0.29) is 5.91 Å². The minimum Gasteiger partial charge on any atom is -0.345 e. The average Bonchev–Trinajstić information content (AvgIpc) is 3.30. The van der Waals surface area contributed by atoms with Crippen molar-refractivity contribution in [3.8, 4) is 22.5 Å². The van der Waals surface area contributed by atoms with Crippen molar-refractivity contribution in [1.82, 2.24) is 19.3 Å². The molecule has 6 heteroatoms. The Morgan fingerprint density at radius 3 is 2.52 bits per heavy atom. The van der Waals surface area contributed by atoms with E-state index in [1.54, 1.807) is 36.5 Å². The molecule has 0 aliphatic rings. The van der Waals surface area contributed by atoms with Crippen LogP contribution < -0.4 is 0 Å². The van der Waals surface area contributed by atoms with Crippen molar-refractivity contribution in [1.29, 1.82) is 0 Å². The van der Waals surface area contributed by atoms with Crippen molar-refractivity contribution in [2.24, 2.45) is 0 Å². The number of hydrogen-bond acceptors (Lipinski definition) is 4. The number of benzene rings is 1. The Hall–Kier alpha value is -2.99. The molecule has 3 heterocycles. The number of aromatic nitrogens is 3. The summed E-state index contributed by atoms with van der Waals surface area (Å²) in [7, 11) is 3.50. The van der Waals surface area contributed by atoms with Gasteiger partial charge in [-0.1, -0.05) is 12.1 Å². The van der Waals surface area contributed by atoms with Gasteiger partial charge in [-0.25, -0.2) is 4.98 Å². The number of carbonyl (C=O) groups excluding carboxylic acids is 1. The molecule has 0 N–H and O–H groups in total. The van der Waals surface area contributed by atoms with E-state index in [0.29, 0.717) is 5.56 Å². The summed E-state index contributed by atoms with van der Waals surface area (Å²) in [5.41, 5.74) is 5.44. The Morgan fingerprint density at radius 2 is 1.84 bits per heavy atom. The van der Waals surface area contributed by atoms with E-state index in [2.05, 4.69) is 21.4 Å². The standard InChI is InChI=1S/C19H16N4OS/c1-22(2)19(24)14-5-3-13(4-6-14)17-9-21-18-10-20-16(11-23(17)18)15-7-8-25-12-15/h3-12H,1-2H3. The van der Waals surface area contributed by atoms with Crippen LogP contribution >= 0.6 is 11.3 Å². The highest BCUT2D eigenvalue weighted by molar-refractivity contribution is 7.08. The van der Waals surface area contributed by atoms with Crippen LogP contribution in [0.5, 0.6) is 0 Å². The molecule has 1 amide bonds. The molecule has 0 aliphatic heterocycles. The van der Waals surface area contributed by atoms with Gasteiger partial charge in [0.25, 0.3) is 5.91 Å². The molecule has 0 spiro atoms. The van der Waals surface area contributed by atoms with Crippen molar-refractivity contribution in [3.05, 3.63) is 65.2 Å². The number of imidazole rings is 1. The van der Waals surface area contributed by atoms with Crippen LogP contribution in [0.4, 0.5) is 0 Å². The fourth-order valence-electron chi connectivity index (χ4n) is 2.70. The highest BCUT2D eigenvalue weighted by atomic mass is 32.1. The SMILES string of the molecule is CN(C)C(=O)c1ccc(-c2cnc3cnc(-c4ccsc4)cn23)cc1. The summed E-state index contributed by atoms with van der Waals surface area (Å²) < 4.78 is 2.03. The van der Waals surface area contributed by atoms with Crippen LogP contribution in [-0.4, -0.2) is 39.3 Å². The van der Waals surface area contributed by atoms with Crippen LogP contribution in [-0.2, 0) is 0 Å². The summed E-state index contributed by atoms with van der Waals surface area (Å²) in [5.74, 6) is -0.00589. The largest absolute Gasteiger partial charge is 0.345 e. The third-order valence-electron chi connectivity index (χ3n) is 4.05. The zero-order valence-corrected chi connectivity index (χ0v) is 14.7. The van der Waals surface area contributed by atoms with Gasteiger partial charge in [0.2, 0.25) is 0 Å². The first kappa shape index (κ1) is 15.5. The lowest BCUT2D eigenvalue weighted by molar-refractivity contribution is 0.0827. The van der Waals surface area contributed by atoms with Crippen LogP contribution in [0.1, 0.15) is 10.4 Å². The van der Waals surface area contributed by atoms with Crippen LogP contribution in [0, 0.1) is 0 Å². The van der Waals surface area contributed by atoms with Crippen molar-refractivity contribution in [3.63, 3.8) is 0 Å². The first-order valence-electron chi connectivity index (χ1n) is 7.81. The van der Waals surface area contributed by atoms with Crippen molar-refractivity contribution in [2.75, 3.05) is 14.1 Å². The normalized spacial score (nSPS) is 11.0. The van der Waals surface area contributed by atoms with Crippen LogP contribution in [0.3, 0.4) is 0 Å². The van der Waals surface area contributed by atoms with Crippen molar-refractivity contribution < 1.29 is 4.79 Å². The first-order valence-corrected chi connectivity index (χ1v) is 8.75. The third kappa shape index (κ3) is 2.81. The molecule has 4 aromatic rings. The van der Waals surface area contributed by atoms with E-state index in [9.17, 15) is 4.79 Å². The second-order valence-corrected chi connectivity index (χ2v) is 6.71. The molecular weight excluding hydrogens is 332 g/mol. The Morgan fingerprint density at radius 1 is 1.04 bits per heavy atom. The maximum atomic E-state index is 12.0. The maximum Gasteiger partial charge on any atom is 0.253 e. The Balaban J connectivity index is 1.76. The van der Waals surface area contributed by atoms with Crippen LogP contribution in [0.2, 0.25) is 0 Å². The zero-order valence-electron chi connectivity index (χ0n) is 13.9. The second-order valence-electron chi connectivity index (χ2n) is 5.93. The van der Waals surface area contributed by atoms with Gasteiger partial charge < -0.3 is 4.90 Å². The summed E-state index contributed by atoms with van der Waals surface area (Å²) in [6, 6.07) is 9.64. The van der Waals surface area contributed by atoms with Gasteiger partial charge in [-0.15, -0.1) is 0 Å². The molecule has 124 valence electrons. The lowest BCUT2D eigenvalue weighted by Gasteiger charge is -2.10. The number of carbonyl (C=O) groups is 1. The summed E-state index contributed by atoms with van der Waals surface area (Å²) in [6.45, 7) is 0. The molecule has 3 aromatic heterocycles. The molecule has 25 heavy (non-hydrogen) atoms. The topological polar surface area (TPSA) is 50.5 Å². The van der Waals surface area contributed by atoms with E-state index in [1.807, 2.05) is 46.4 Å². The molecular formula is C19H16N4OS. The fraction of sp³-hybridized carbons (Fsp3) is 0.105. The van der Waals surface area contributed by atoms with Gasteiger partial charge in [0.1, 0.15) is 0 Å². The number of thiophene rings is 1. The summed E-state index contributed by atoms with van der Waals surface area (Å²) in [6.07, 6.45) is 5.61. The molecule has 5 nitrogen and oxygen atoms in total. The minimum absolute atomic E-state index is 0.00589. The van der Waals surface area contributed by atoms with Gasteiger partial charge in [0.05, 0.1) is 23.8 Å². The Bertz CT molecular complexity index is 1030. The second kappa shape index (κ2) is 6.14. The van der Waals surface area contributed by atoms with Gasteiger partial charge in [0.15, 0.2) is 5.65 Å². The molecule has 0 radical (unpaired) electrons. The average molecular weight is 348 g/mol. The van der Waals surface area contributed by atoms with E-state index in [1.165, 1.54) is 0 Å². The van der Waals surface area contributed by atoms with Crippen molar-refractivity contribution >= 4 is 22.9 Å². The lowest BCUT2D eigenvalue weighted by Crippen LogP contribution is -2.21. The summed E-state index contributed by atoms with van der Waals surface area (Å²) in [4.78, 5) is 22.5. The molecule has 1 aromatic carbocycles. The van der Waals surface area contributed by atoms with E-state index in [0.717, 1.165) is 28.2 Å². The fourth-order valence-corrected chi connectivity index (χ4v) is 3.35. The number of amides is 1. The first-order chi connectivity index (χ1) is 12.1. The molecule has 0 saturated carbocycles. The Kier molecular flexibility index (Phi) is 3.82. The molecule has 0 atom stereocenters. The number of nitrogens with zero attached hydrogens (tertiary/aromatic N) is 4. The predicted octanol–water partition coefficient (Wildman–Crippen LogP) is 3.83. The number of hydrogen-bond donors (Lipinski definition) is 0. The van der Waals surface area contributed by atoms with E-state index >= 15 is 0 Å². The summed E-state index contributed by atoms with van der Waals surface area (Å²) >= 11 is 1.65. The molecule has 0 bridgehead atoms. The Labute approximate surface area is 149 Å². The minimum atomic E-state index is -0.00589. The van der Waals surface area contributed by atoms with Gasteiger partial charge in [-0.2, -0.15) is 11.3 Å². The van der Waals surface area contributed by atoms with E-state index < -0.39 is 0 Å². The van der Waals surface area contributed by atoms with Gasteiger partial charge in [-0.3, -0.25) is 14.2 Å². The lowest BCUT2D eigenvalue weighted by atomic mass is 10.1. The molecule has 0 aliphatic carbocycles. The summed E-state index contributed by atoms with van der Waals surface area (Å²) in [5, 5.41) is 4.11. The number of fused-ring (bicyclic) bond motifs is 1. The molecule has 0 unspecified atom stereocenters. The number of rotatable bonds is 3. The predicted molar refractivity (Wildman–Crippen MR) is 99.8 cm³/mol. The molecule has 4 rings (SSSR count). The molecule has 0 saturated heterocycles. The molecule has 0 fully saturated rings. The highest BCUT2D eigenvalue weighted by Crippen LogP contribution is 2.25. The smallest absolute Gasteiger partial charge is 0.253 e. The highest BCUT2D eigenvalue weighted by Gasteiger charge is 2.11. The zero-order chi connectivity index (χ0) is 17.4. The van der Waals surface area contributed by atoms with Gasteiger partial charge >= 0.3 is 0 Å². The van der Waals surface area contributed by atoms with E-state index in [4.69, 9.17) is 0 Å². The monoisotopic (exact) mass is 348 g/mol. The third-order valence-corrected chi connectivity index (χ3v) is 4.73. The van der Waals surface area contributed by atoms with Crippen LogP contribution in [0.25, 0.3) is 28.2 Å². The van der Waals surface area contributed by atoms with Crippen molar-refractivity contribution in [2.45, 2.75) is 0 Å². The maximum absolute atomic E-state index is 12.0. The van der Waals surface area contributed by atoms with Gasteiger partial charge in [0, 0.05) is 42.4 Å².